The summed E-state index contributed by atoms with van der Waals surface area (Å²) in [5.41, 5.74) is 0. The summed E-state index contributed by atoms with van der Waals surface area (Å²) in [5.74, 6) is 0.149. The van der Waals surface area contributed by atoms with Crippen molar-refractivity contribution in [2.24, 2.45) is 0 Å². The second kappa shape index (κ2) is 3.08. The van der Waals surface area contributed by atoms with E-state index in [0.29, 0.717) is 6.54 Å². The van der Waals surface area contributed by atoms with E-state index in [9.17, 15) is 5.11 Å². The van der Waals surface area contributed by atoms with Crippen LogP contribution in [-0.4, -0.2) is 34.5 Å². The summed E-state index contributed by atoms with van der Waals surface area (Å²) >= 11 is 1.57. The summed E-state index contributed by atoms with van der Waals surface area (Å²) in [6.45, 7) is 3.41. The maximum atomic E-state index is 9.53. The molecular formula is C7H11N3OS. The van der Waals surface area contributed by atoms with E-state index in [1.165, 1.54) is 0 Å². The minimum absolute atomic E-state index is 0.149. The number of rotatable bonds is 1. The second-order valence-electron chi connectivity index (χ2n) is 2.99. The molecule has 12 heavy (non-hydrogen) atoms. The van der Waals surface area contributed by atoms with Crippen molar-refractivity contribution in [2.75, 3.05) is 13.1 Å². The van der Waals surface area contributed by atoms with Crippen molar-refractivity contribution in [3.8, 4) is 0 Å². The molecule has 2 rings (SSSR count). The third-order valence-corrected chi connectivity index (χ3v) is 3.01. The molecule has 0 bridgehead atoms. The van der Waals surface area contributed by atoms with E-state index in [1.54, 1.807) is 11.3 Å². The summed E-state index contributed by atoms with van der Waals surface area (Å²) < 4.78 is 0. The molecule has 2 heterocycles. The normalized spacial score (nSPS) is 29.5. The topological polar surface area (TPSA) is 58.0 Å². The van der Waals surface area contributed by atoms with Crippen molar-refractivity contribution in [1.82, 2.24) is 15.5 Å². The lowest BCUT2D eigenvalue weighted by atomic mass is 10.1. The number of β-amino-alcohol motifs (C(OH)–C–C–N with tert-alkyl or cyclic N) is 1. The monoisotopic (exact) mass is 185 g/mol. The third kappa shape index (κ3) is 1.35. The zero-order chi connectivity index (χ0) is 8.55. The van der Waals surface area contributed by atoms with Crippen molar-refractivity contribution < 1.29 is 5.11 Å². The fourth-order valence-corrected chi connectivity index (χ4v) is 2.24. The molecule has 0 radical (unpaired) electrons. The van der Waals surface area contributed by atoms with Gasteiger partial charge in [-0.3, -0.25) is 0 Å². The van der Waals surface area contributed by atoms with Gasteiger partial charge in [0, 0.05) is 13.1 Å². The Kier molecular flexibility index (Phi) is 2.08. The minimum Gasteiger partial charge on any atom is -0.391 e. The SMILES string of the molecule is Cc1nnc(C2CNCC2O)s1. The molecule has 1 saturated heterocycles. The van der Waals surface area contributed by atoms with Gasteiger partial charge in [-0.05, 0) is 6.92 Å². The molecule has 2 atom stereocenters. The fraction of sp³-hybridized carbons (Fsp3) is 0.714. The highest BCUT2D eigenvalue weighted by Gasteiger charge is 2.29. The van der Waals surface area contributed by atoms with E-state index in [1.807, 2.05) is 6.92 Å². The number of aliphatic hydroxyl groups is 1. The average Bonchev–Trinajstić information content (AvgIpc) is 2.58. The van der Waals surface area contributed by atoms with Crippen molar-refractivity contribution in [3.63, 3.8) is 0 Å². The quantitative estimate of drug-likeness (QED) is 0.641. The van der Waals surface area contributed by atoms with Gasteiger partial charge in [-0.2, -0.15) is 0 Å². The minimum atomic E-state index is -0.294. The standard InChI is InChI=1S/C7H11N3OS/c1-4-9-10-7(12-4)5-2-8-3-6(5)11/h5-6,8,11H,2-3H2,1H3. The highest BCUT2D eigenvalue weighted by molar-refractivity contribution is 7.11. The van der Waals surface area contributed by atoms with Crippen molar-refractivity contribution >= 4 is 11.3 Å². The first-order valence-corrected chi connectivity index (χ1v) is 4.78. The summed E-state index contributed by atoms with van der Waals surface area (Å²) in [4.78, 5) is 0. The van der Waals surface area contributed by atoms with Gasteiger partial charge < -0.3 is 10.4 Å². The van der Waals surface area contributed by atoms with E-state index in [-0.39, 0.29) is 12.0 Å². The van der Waals surface area contributed by atoms with Crippen LogP contribution in [0.1, 0.15) is 15.9 Å². The van der Waals surface area contributed by atoms with Crippen LogP contribution in [0, 0.1) is 6.92 Å². The maximum Gasteiger partial charge on any atom is 0.124 e. The molecule has 0 saturated carbocycles. The van der Waals surface area contributed by atoms with Crippen LogP contribution in [0.2, 0.25) is 0 Å². The lowest BCUT2D eigenvalue weighted by molar-refractivity contribution is 0.177. The van der Waals surface area contributed by atoms with Gasteiger partial charge in [0.2, 0.25) is 0 Å². The van der Waals surface area contributed by atoms with E-state index >= 15 is 0 Å². The van der Waals surface area contributed by atoms with Crippen LogP contribution in [0.4, 0.5) is 0 Å². The Morgan fingerprint density at radius 3 is 2.83 bits per heavy atom. The smallest absolute Gasteiger partial charge is 0.124 e. The Hall–Kier alpha value is -0.520. The Morgan fingerprint density at radius 1 is 1.50 bits per heavy atom. The van der Waals surface area contributed by atoms with E-state index in [0.717, 1.165) is 16.6 Å². The molecule has 2 unspecified atom stereocenters. The Labute approximate surface area is 74.6 Å². The Morgan fingerprint density at radius 2 is 2.33 bits per heavy atom. The summed E-state index contributed by atoms with van der Waals surface area (Å²) in [6, 6.07) is 0. The van der Waals surface area contributed by atoms with Crippen LogP contribution in [0.5, 0.6) is 0 Å². The van der Waals surface area contributed by atoms with Crippen LogP contribution in [0.3, 0.4) is 0 Å². The molecule has 0 amide bonds. The number of nitrogens with one attached hydrogen (secondary N) is 1. The van der Waals surface area contributed by atoms with Crippen LogP contribution < -0.4 is 5.32 Å². The predicted molar refractivity (Wildman–Crippen MR) is 46.3 cm³/mol. The molecule has 4 nitrogen and oxygen atoms in total. The molecular weight excluding hydrogens is 174 g/mol. The number of aliphatic hydroxyl groups excluding tert-OH is 1. The van der Waals surface area contributed by atoms with E-state index in [4.69, 9.17) is 0 Å². The summed E-state index contributed by atoms with van der Waals surface area (Å²) in [6.07, 6.45) is -0.294. The van der Waals surface area contributed by atoms with Crippen molar-refractivity contribution in [1.29, 1.82) is 0 Å². The number of aromatic nitrogens is 2. The molecule has 2 N–H and O–H groups in total. The molecule has 0 aromatic carbocycles. The molecule has 5 heteroatoms. The molecule has 0 aliphatic carbocycles. The summed E-state index contributed by atoms with van der Waals surface area (Å²) in [7, 11) is 0. The molecule has 1 aromatic rings. The van der Waals surface area contributed by atoms with Crippen LogP contribution in [0.25, 0.3) is 0 Å². The number of hydrogen-bond donors (Lipinski definition) is 2. The van der Waals surface area contributed by atoms with Gasteiger partial charge >= 0.3 is 0 Å². The number of aryl methyl sites for hydroxylation is 1. The average molecular weight is 185 g/mol. The zero-order valence-corrected chi connectivity index (χ0v) is 7.64. The van der Waals surface area contributed by atoms with Gasteiger partial charge in [0.05, 0.1) is 12.0 Å². The first kappa shape index (κ1) is 8.10. The third-order valence-electron chi connectivity index (χ3n) is 2.04. The molecule has 1 fully saturated rings. The zero-order valence-electron chi connectivity index (χ0n) is 6.82. The second-order valence-corrected chi connectivity index (χ2v) is 4.20. The Bertz CT molecular complexity index is 275. The van der Waals surface area contributed by atoms with Crippen LogP contribution in [-0.2, 0) is 0 Å². The number of nitrogens with zero attached hydrogens (tertiary/aromatic N) is 2. The van der Waals surface area contributed by atoms with Gasteiger partial charge in [-0.15, -0.1) is 21.5 Å². The van der Waals surface area contributed by atoms with Crippen molar-refractivity contribution in [2.45, 2.75) is 18.9 Å². The molecule has 1 aliphatic heterocycles. The Balaban J connectivity index is 2.19. The lowest BCUT2D eigenvalue weighted by Crippen LogP contribution is -2.15. The molecule has 1 aromatic heterocycles. The molecule has 66 valence electrons. The van der Waals surface area contributed by atoms with Gasteiger partial charge in [-0.25, -0.2) is 0 Å². The first-order chi connectivity index (χ1) is 5.77. The lowest BCUT2D eigenvalue weighted by Gasteiger charge is -2.07. The van der Waals surface area contributed by atoms with E-state index in [2.05, 4.69) is 15.5 Å². The van der Waals surface area contributed by atoms with Gasteiger partial charge in [0.1, 0.15) is 10.0 Å². The highest BCUT2D eigenvalue weighted by Crippen LogP contribution is 2.25. The first-order valence-electron chi connectivity index (χ1n) is 3.96. The summed E-state index contributed by atoms with van der Waals surface area (Å²) in [5, 5.41) is 22.5. The molecule has 1 aliphatic rings. The predicted octanol–water partition coefficient (Wildman–Crippen LogP) is -0.106. The van der Waals surface area contributed by atoms with Gasteiger partial charge in [0.25, 0.3) is 0 Å². The molecule has 0 spiro atoms. The van der Waals surface area contributed by atoms with Crippen LogP contribution >= 0.6 is 11.3 Å². The highest BCUT2D eigenvalue weighted by atomic mass is 32.1. The largest absolute Gasteiger partial charge is 0.391 e. The number of hydrogen-bond acceptors (Lipinski definition) is 5. The van der Waals surface area contributed by atoms with Gasteiger partial charge in [0.15, 0.2) is 0 Å². The van der Waals surface area contributed by atoms with Gasteiger partial charge in [-0.1, -0.05) is 0 Å². The maximum absolute atomic E-state index is 9.53. The van der Waals surface area contributed by atoms with Crippen molar-refractivity contribution in [3.05, 3.63) is 10.0 Å². The fourth-order valence-electron chi connectivity index (χ4n) is 1.38. The van der Waals surface area contributed by atoms with E-state index < -0.39 is 0 Å². The van der Waals surface area contributed by atoms with Crippen LogP contribution in [0.15, 0.2) is 0 Å².